The van der Waals surface area contributed by atoms with Crippen molar-refractivity contribution in [2.45, 2.75) is 26.4 Å². The van der Waals surface area contributed by atoms with E-state index in [0.29, 0.717) is 25.3 Å². The molecule has 1 heterocycles. The highest BCUT2D eigenvalue weighted by molar-refractivity contribution is 9.10. The Labute approximate surface area is 260 Å². The lowest BCUT2D eigenvalue weighted by atomic mass is 10.1. The third-order valence-electron chi connectivity index (χ3n) is 6.09. The van der Waals surface area contributed by atoms with E-state index in [1.54, 1.807) is 11.0 Å². The van der Waals surface area contributed by atoms with Gasteiger partial charge in [-0.1, -0.05) is 73.7 Å². The summed E-state index contributed by atoms with van der Waals surface area (Å²) in [6.45, 7) is 4.21. The number of nitrogens with one attached hydrogen (secondary N) is 1. The van der Waals surface area contributed by atoms with E-state index in [4.69, 9.17) is 9.47 Å². The Morgan fingerprint density at radius 1 is 0.950 bits per heavy atom. The minimum atomic E-state index is -0.460. The van der Waals surface area contributed by atoms with Crippen molar-refractivity contribution in [3.8, 4) is 5.75 Å². The van der Waals surface area contributed by atoms with Crippen LogP contribution in [0.3, 0.4) is 0 Å². The number of amides is 2. The molecule has 0 bridgehead atoms. The predicted octanol–water partition coefficient (Wildman–Crippen LogP) is 2.75. The Morgan fingerprint density at radius 3 is 2.50 bits per heavy atom. The van der Waals surface area contributed by atoms with Crippen molar-refractivity contribution in [2.24, 2.45) is 0 Å². The van der Waals surface area contributed by atoms with Crippen LogP contribution in [0.1, 0.15) is 29.3 Å². The fourth-order valence-corrected chi connectivity index (χ4v) is 4.74. The standard InChI is InChI=1S/C31H32BrN3O4.HI/c1-2-16-34-22-26(20-27(32)23-34)30(36)33-15-18-39-31(37)35(21-24-9-4-3-5-10-24)17-19-38-29-14-8-12-25-11-6-7-13-28(25)29;/h3-14,20,22-23H,2,15-19,21H2,1H3;1H. The number of nitrogens with zero attached hydrogens (tertiary/aromatic N) is 2. The monoisotopic (exact) mass is 717 g/mol. The van der Waals surface area contributed by atoms with Gasteiger partial charge in [0.25, 0.3) is 5.91 Å². The van der Waals surface area contributed by atoms with E-state index in [2.05, 4.69) is 28.2 Å². The van der Waals surface area contributed by atoms with Gasteiger partial charge in [0, 0.05) is 18.4 Å². The number of ether oxygens (including phenoxy) is 2. The highest BCUT2D eigenvalue weighted by atomic mass is 127. The van der Waals surface area contributed by atoms with Crippen molar-refractivity contribution in [2.75, 3.05) is 26.3 Å². The maximum absolute atomic E-state index is 13.0. The van der Waals surface area contributed by atoms with Gasteiger partial charge >= 0.3 is 6.09 Å². The van der Waals surface area contributed by atoms with Crippen molar-refractivity contribution in [3.63, 3.8) is 0 Å². The number of hydrogen-bond acceptors (Lipinski definition) is 4. The van der Waals surface area contributed by atoms with Crippen LogP contribution in [0.4, 0.5) is 4.79 Å². The normalized spacial score (nSPS) is 10.4. The lowest BCUT2D eigenvalue weighted by Gasteiger charge is -2.22. The van der Waals surface area contributed by atoms with Crippen LogP contribution < -0.4 is 38.6 Å². The summed E-state index contributed by atoms with van der Waals surface area (Å²) < 4.78 is 14.4. The molecule has 0 saturated heterocycles. The number of hydrogen-bond donors (Lipinski definition) is 1. The van der Waals surface area contributed by atoms with Gasteiger partial charge < -0.3 is 43.7 Å². The van der Waals surface area contributed by atoms with Crippen LogP contribution in [-0.2, 0) is 17.8 Å². The highest BCUT2D eigenvalue weighted by Crippen LogP contribution is 2.25. The molecule has 0 fully saturated rings. The zero-order valence-corrected chi connectivity index (χ0v) is 26.1. The molecule has 0 spiro atoms. The predicted molar refractivity (Wildman–Crippen MR) is 155 cm³/mol. The van der Waals surface area contributed by atoms with Gasteiger partial charge in [0.05, 0.1) is 17.6 Å². The van der Waals surface area contributed by atoms with Crippen molar-refractivity contribution < 1.29 is 47.6 Å². The molecule has 40 heavy (non-hydrogen) atoms. The minimum Gasteiger partial charge on any atom is -1.00 e. The summed E-state index contributed by atoms with van der Waals surface area (Å²) in [5.74, 6) is 0.554. The molecule has 4 aromatic rings. The Kier molecular flexibility index (Phi) is 12.7. The smallest absolute Gasteiger partial charge is 0.410 e. The first-order valence-corrected chi connectivity index (χ1v) is 13.9. The van der Waals surface area contributed by atoms with Gasteiger partial charge in [-0.3, -0.25) is 4.79 Å². The Hall–Kier alpha value is -3.18. The summed E-state index contributed by atoms with van der Waals surface area (Å²) in [6.07, 6.45) is 4.25. The zero-order valence-electron chi connectivity index (χ0n) is 22.4. The van der Waals surface area contributed by atoms with Gasteiger partial charge in [-0.25, -0.2) is 9.36 Å². The van der Waals surface area contributed by atoms with Crippen molar-refractivity contribution in [1.82, 2.24) is 10.2 Å². The number of fused-ring (bicyclic) bond motifs is 1. The third kappa shape index (κ3) is 9.19. The number of halogens is 2. The molecule has 0 saturated carbocycles. The molecule has 210 valence electrons. The average Bonchev–Trinajstić information content (AvgIpc) is 2.95. The quantitative estimate of drug-likeness (QED) is 0.139. The van der Waals surface area contributed by atoms with Gasteiger partial charge in [-0.2, -0.15) is 0 Å². The molecule has 7 nitrogen and oxygen atoms in total. The molecule has 9 heteroatoms. The molecule has 0 radical (unpaired) electrons. The van der Waals surface area contributed by atoms with Gasteiger partial charge in [0.15, 0.2) is 12.4 Å². The van der Waals surface area contributed by atoms with Crippen LogP contribution in [-0.4, -0.2) is 43.2 Å². The Balaban J connectivity index is 0.00000441. The number of rotatable bonds is 12. The van der Waals surface area contributed by atoms with E-state index < -0.39 is 6.09 Å². The highest BCUT2D eigenvalue weighted by Gasteiger charge is 2.17. The van der Waals surface area contributed by atoms with Crippen molar-refractivity contribution in [1.29, 1.82) is 0 Å². The first kappa shape index (κ1) is 31.3. The number of aromatic nitrogens is 1. The first-order valence-electron chi connectivity index (χ1n) is 13.1. The maximum atomic E-state index is 13.0. The zero-order chi connectivity index (χ0) is 27.5. The van der Waals surface area contributed by atoms with Crippen molar-refractivity contribution in [3.05, 3.63) is 107 Å². The molecule has 4 rings (SSSR count). The number of benzene rings is 3. The summed E-state index contributed by atoms with van der Waals surface area (Å²) in [4.78, 5) is 27.2. The number of carbonyl (C=O) groups excluding carboxylic acids is 2. The molecule has 0 aliphatic carbocycles. The van der Waals surface area contributed by atoms with Crippen LogP contribution in [0.25, 0.3) is 10.8 Å². The summed E-state index contributed by atoms with van der Waals surface area (Å²) in [5, 5.41) is 4.95. The Bertz CT molecular complexity index is 1400. The molecule has 0 aliphatic heterocycles. The van der Waals surface area contributed by atoms with Gasteiger partial charge in [0.1, 0.15) is 31.1 Å². The van der Waals surface area contributed by atoms with E-state index in [-0.39, 0.29) is 43.0 Å². The second kappa shape index (κ2) is 16.2. The van der Waals surface area contributed by atoms with Crippen LogP contribution in [0.15, 0.2) is 95.7 Å². The summed E-state index contributed by atoms with van der Waals surface area (Å²) in [7, 11) is 0. The fourth-order valence-electron chi connectivity index (χ4n) is 4.23. The van der Waals surface area contributed by atoms with Crippen LogP contribution in [0.5, 0.6) is 5.75 Å². The van der Waals surface area contributed by atoms with Crippen LogP contribution in [0.2, 0.25) is 0 Å². The van der Waals surface area contributed by atoms with E-state index >= 15 is 0 Å². The fraction of sp³-hybridized carbons (Fsp3) is 0.258. The minimum absolute atomic E-state index is 0. The molecule has 0 atom stereocenters. The first-order chi connectivity index (χ1) is 19.0. The SMILES string of the molecule is CCC[n+]1cc(Br)cc(C(=O)NCCOC(=O)N(CCOc2cccc3ccccc23)Cc2ccccc2)c1.[I-]. The van der Waals surface area contributed by atoms with Gasteiger partial charge in [-0.05, 0) is 39.0 Å². The van der Waals surface area contributed by atoms with E-state index in [9.17, 15) is 9.59 Å². The van der Waals surface area contributed by atoms with Gasteiger partial charge in [-0.15, -0.1) is 0 Å². The molecule has 3 aromatic carbocycles. The second-order valence-corrected chi connectivity index (χ2v) is 10.00. The largest absolute Gasteiger partial charge is 1.00 e. The third-order valence-corrected chi connectivity index (χ3v) is 6.52. The Morgan fingerprint density at radius 2 is 1.70 bits per heavy atom. The summed E-state index contributed by atoms with van der Waals surface area (Å²) in [5.41, 5.74) is 1.53. The molecule has 1 aromatic heterocycles. The lowest BCUT2D eigenvalue weighted by Crippen LogP contribution is -3.00. The van der Waals surface area contributed by atoms with Crippen molar-refractivity contribution >= 4 is 38.7 Å². The van der Waals surface area contributed by atoms with Gasteiger partial charge in [0.2, 0.25) is 0 Å². The van der Waals surface area contributed by atoms with E-state index in [0.717, 1.165) is 39.5 Å². The molecule has 2 amide bonds. The maximum Gasteiger partial charge on any atom is 0.410 e. The topological polar surface area (TPSA) is 71.8 Å². The number of aryl methyl sites for hydroxylation is 1. The summed E-state index contributed by atoms with van der Waals surface area (Å²) >= 11 is 3.46. The van der Waals surface area contributed by atoms with Crippen LogP contribution in [0, 0.1) is 0 Å². The molecule has 0 unspecified atom stereocenters. The summed E-state index contributed by atoms with van der Waals surface area (Å²) in [6, 6.07) is 25.5. The lowest BCUT2D eigenvalue weighted by molar-refractivity contribution is -0.697. The average molecular weight is 718 g/mol. The van der Waals surface area contributed by atoms with E-state index in [1.807, 2.05) is 89.8 Å². The molecule has 0 aliphatic rings. The number of pyridine rings is 1. The molecular weight excluding hydrogens is 685 g/mol. The molecular formula is C31H33BrIN3O4. The molecule has 1 N–H and O–H groups in total. The number of carbonyl (C=O) groups is 2. The van der Waals surface area contributed by atoms with E-state index in [1.165, 1.54) is 0 Å². The second-order valence-electron chi connectivity index (χ2n) is 9.08. The van der Waals surface area contributed by atoms with Crippen LogP contribution >= 0.6 is 15.9 Å².